The van der Waals surface area contributed by atoms with Gasteiger partial charge in [-0.1, -0.05) is 0 Å². The molecular weight excluding hydrogens is 441 g/mol. The Balaban J connectivity index is 2.12. The number of fused-ring (bicyclic) bond motifs is 2. The number of aliphatic imine (C=N–C) groups is 1. The van der Waals surface area contributed by atoms with Gasteiger partial charge in [-0.05, 0) is 0 Å². The van der Waals surface area contributed by atoms with E-state index in [2.05, 4.69) is 4.99 Å². The Labute approximate surface area is 157 Å². The monoisotopic (exact) mass is 463 g/mol. The van der Waals surface area contributed by atoms with E-state index < -0.39 is 25.2 Å². The number of esters is 1. The molecule has 1 aliphatic rings. The molecule has 2 aromatic rings. The average Bonchev–Trinajstić information content (AvgIpc) is 2.66. The Kier molecular flexibility index (Phi) is 5.41. The van der Waals surface area contributed by atoms with Gasteiger partial charge < -0.3 is 0 Å². The number of methoxy groups -OCH3 is 1. The van der Waals surface area contributed by atoms with Gasteiger partial charge in [-0.25, -0.2) is 0 Å². The Morgan fingerprint density at radius 2 is 2.00 bits per heavy atom. The molecule has 26 heavy (non-hydrogen) atoms. The number of para-hydroxylation sites is 1. The van der Waals surface area contributed by atoms with Crippen molar-refractivity contribution in [2.75, 3.05) is 13.7 Å². The predicted molar refractivity (Wildman–Crippen MR) is 101 cm³/mol. The molecule has 6 nitrogen and oxygen atoms in total. The number of carbonyl (C=O) groups is 1. The first-order chi connectivity index (χ1) is 12.4. The SMILES string of the molecule is CCOc1cccc2c1[O][Sn]([CH3])([CH3])[O]c1ccc(C(=O)OC)cc1N=C2. The molecule has 0 aliphatic carbocycles. The molecule has 0 saturated heterocycles. The predicted octanol–water partition coefficient (Wildman–Crippen LogP) is 4.10. The van der Waals surface area contributed by atoms with Crippen LogP contribution in [-0.4, -0.2) is 45.1 Å². The van der Waals surface area contributed by atoms with Crippen molar-refractivity contribution in [1.82, 2.24) is 0 Å². The summed E-state index contributed by atoms with van der Waals surface area (Å²) in [6.07, 6.45) is 1.70. The van der Waals surface area contributed by atoms with Crippen LogP contribution < -0.4 is 10.9 Å². The third-order valence-electron chi connectivity index (χ3n) is 3.74. The van der Waals surface area contributed by atoms with Crippen LogP contribution in [0.25, 0.3) is 0 Å². The molecular formula is C19H21NO5Sn. The fraction of sp³-hybridized carbons (Fsp3) is 0.263. The minimum atomic E-state index is -3.43. The molecule has 0 amide bonds. The van der Waals surface area contributed by atoms with Crippen molar-refractivity contribution in [3.63, 3.8) is 0 Å². The van der Waals surface area contributed by atoms with E-state index in [0.29, 0.717) is 35.1 Å². The summed E-state index contributed by atoms with van der Waals surface area (Å²) >= 11 is -3.43. The molecule has 136 valence electrons. The molecule has 1 heterocycles. The summed E-state index contributed by atoms with van der Waals surface area (Å²) in [5.74, 6) is 1.51. The first-order valence-electron chi connectivity index (χ1n) is 8.34. The van der Waals surface area contributed by atoms with Gasteiger partial charge in [-0.15, -0.1) is 0 Å². The molecule has 0 atom stereocenters. The molecule has 1 aliphatic heterocycles. The Hall–Kier alpha value is -2.22. The molecule has 0 radical (unpaired) electrons. The second kappa shape index (κ2) is 7.57. The number of benzene rings is 2. The Morgan fingerprint density at radius 1 is 1.19 bits per heavy atom. The first kappa shape index (κ1) is 18.6. The second-order valence-corrected chi connectivity index (χ2v) is 15.3. The van der Waals surface area contributed by atoms with E-state index in [1.807, 2.05) is 35.0 Å². The molecule has 0 N–H and O–H groups in total. The van der Waals surface area contributed by atoms with Gasteiger partial charge in [-0.3, -0.25) is 0 Å². The standard InChI is InChI=1S/C17H17NO5.2CH3.Sn/c1-3-23-15-6-4-5-12(16(15)20)10-18-13-9-11(17(21)22-2)7-8-14(13)19;;;/h4-10,19-20H,3H2,1-2H3;2*1H3;/q;;;+2/p-2. The molecule has 0 saturated carbocycles. The fourth-order valence-corrected chi connectivity index (χ4v) is 6.78. The first-order valence-corrected chi connectivity index (χ1v) is 16.4. The summed E-state index contributed by atoms with van der Waals surface area (Å²) in [6.45, 7) is 2.47. The Bertz CT molecular complexity index is 863. The van der Waals surface area contributed by atoms with Gasteiger partial charge in [0, 0.05) is 0 Å². The molecule has 0 fully saturated rings. The van der Waals surface area contributed by atoms with Gasteiger partial charge in [0.25, 0.3) is 0 Å². The van der Waals surface area contributed by atoms with E-state index in [1.165, 1.54) is 7.11 Å². The molecule has 2 aromatic carbocycles. The van der Waals surface area contributed by atoms with Crippen LogP contribution in [0.1, 0.15) is 22.8 Å². The number of hydrogen-bond donors (Lipinski definition) is 0. The van der Waals surface area contributed by atoms with Crippen molar-refractivity contribution < 1.29 is 20.4 Å². The maximum absolute atomic E-state index is 11.8. The van der Waals surface area contributed by atoms with Crippen molar-refractivity contribution >= 4 is 37.1 Å². The third kappa shape index (κ3) is 3.95. The van der Waals surface area contributed by atoms with Crippen molar-refractivity contribution in [2.45, 2.75) is 16.8 Å². The molecule has 3 rings (SSSR count). The van der Waals surface area contributed by atoms with Crippen molar-refractivity contribution in [1.29, 1.82) is 0 Å². The van der Waals surface area contributed by atoms with E-state index >= 15 is 0 Å². The van der Waals surface area contributed by atoms with Gasteiger partial charge in [-0.2, -0.15) is 0 Å². The van der Waals surface area contributed by atoms with Crippen LogP contribution in [0.15, 0.2) is 41.4 Å². The van der Waals surface area contributed by atoms with Crippen LogP contribution in [0.2, 0.25) is 9.88 Å². The normalized spacial score (nSPS) is 14.5. The molecule has 0 unspecified atom stereocenters. The second-order valence-electron chi connectivity index (χ2n) is 6.14. The summed E-state index contributed by atoms with van der Waals surface area (Å²) in [5, 5.41) is 0. The summed E-state index contributed by atoms with van der Waals surface area (Å²) in [7, 11) is 1.35. The number of nitrogens with zero attached hydrogens (tertiary/aromatic N) is 1. The van der Waals surface area contributed by atoms with Crippen LogP contribution in [0, 0.1) is 0 Å². The zero-order valence-electron chi connectivity index (χ0n) is 15.2. The zero-order chi connectivity index (χ0) is 18.7. The van der Waals surface area contributed by atoms with Crippen LogP contribution in [-0.2, 0) is 4.74 Å². The minimum absolute atomic E-state index is 0.416. The zero-order valence-corrected chi connectivity index (χ0v) is 18.1. The summed E-state index contributed by atoms with van der Waals surface area (Å²) in [4.78, 5) is 20.4. The summed E-state index contributed by atoms with van der Waals surface area (Å²) in [6, 6.07) is 10.7. The van der Waals surface area contributed by atoms with Gasteiger partial charge in [0.1, 0.15) is 0 Å². The van der Waals surface area contributed by atoms with Gasteiger partial charge in [0.15, 0.2) is 0 Å². The molecule has 0 spiro atoms. The fourth-order valence-electron chi connectivity index (χ4n) is 2.63. The summed E-state index contributed by atoms with van der Waals surface area (Å²) in [5.41, 5.74) is 1.79. The molecule has 0 aromatic heterocycles. The third-order valence-corrected chi connectivity index (χ3v) is 7.75. The van der Waals surface area contributed by atoms with Crippen LogP contribution in [0.5, 0.6) is 17.2 Å². The van der Waals surface area contributed by atoms with Gasteiger partial charge in [0.2, 0.25) is 0 Å². The van der Waals surface area contributed by atoms with E-state index in [1.54, 1.807) is 24.4 Å². The summed E-state index contributed by atoms with van der Waals surface area (Å²) < 4.78 is 23.0. The van der Waals surface area contributed by atoms with Crippen LogP contribution >= 0.6 is 0 Å². The van der Waals surface area contributed by atoms with Gasteiger partial charge >= 0.3 is 158 Å². The van der Waals surface area contributed by atoms with E-state index in [0.717, 1.165) is 5.56 Å². The average molecular weight is 462 g/mol. The Morgan fingerprint density at radius 3 is 2.73 bits per heavy atom. The topological polar surface area (TPSA) is 66.4 Å². The molecule has 0 bridgehead atoms. The van der Waals surface area contributed by atoms with Crippen molar-refractivity contribution in [3.05, 3.63) is 47.5 Å². The van der Waals surface area contributed by atoms with Gasteiger partial charge in [0.05, 0.1) is 0 Å². The van der Waals surface area contributed by atoms with Crippen LogP contribution in [0.4, 0.5) is 5.69 Å². The van der Waals surface area contributed by atoms with E-state index in [4.69, 9.17) is 15.6 Å². The number of hydrogen-bond acceptors (Lipinski definition) is 6. The quantitative estimate of drug-likeness (QED) is 0.508. The van der Waals surface area contributed by atoms with E-state index in [9.17, 15) is 4.79 Å². The number of ether oxygens (including phenoxy) is 2. The van der Waals surface area contributed by atoms with E-state index in [-0.39, 0.29) is 0 Å². The number of carbonyl (C=O) groups excluding carboxylic acids is 1. The van der Waals surface area contributed by atoms with Crippen molar-refractivity contribution in [3.8, 4) is 17.2 Å². The number of rotatable bonds is 3. The van der Waals surface area contributed by atoms with Crippen LogP contribution in [0.3, 0.4) is 0 Å². The molecule has 7 heteroatoms. The van der Waals surface area contributed by atoms with Crippen molar-refractivity contribution in [2.24, 2.45) is 4.99 Å². The maximum atomic E-state index is 11.8.